The number of nitrogens with one attached hydrogen (secondary N) is 2. The van der Waals surface area contributed by atoms with Gasteiger partial charge in [-0.15, -0.1) is 0 Å². The van der Waals surface area contributed by atoms with Crippen molar-refractivity contribution in [3.63, 3.8) is 0 Å². The minimum Gasteiger partial charge on any atom is -0.416 e. The van der Waals surface area contributed by atoms with Crippen LogP contribution in [0.5, 0.6) is 0 Å². The van der Waals surface area contributed by atoms with E-state index in [1.54, 1.807) is 19.1 Å². The highest BCUT2D eigenvalue weighted by Crippen LogP contribution is 2.40. The number of fused-ring (bicyclic) bond motifs is 2. The van der Waals surface area contributed by atoms with Crippen molar-refractivity contribution in [2.75, 3.05) is 18.4 Å². The van der Waals surface area contributed by atoms with E-state index in [1.165, 1.54) is 0 Å². The zero-order valence-corrected chi connectivity index (χ0v) is 18.4. The highest BCUT2D eigenvalue weighted by molar-refractivity contribution is 6.33. The van der Waals surface area contributed by atoms with Crippen LogP contribution in [0.1, 0.15) is 42.0 Å². The number of hydrogen-bond acceptors (Lipinski definition) is 8. The van der Waals surface area contributed by atoms with E-state index in [1.807, 2.05) is 24.3 Å². The molecule has 4 rings (SSSR count). The Labute approximate surface area is 190 Å². The molecule has 0 saturated carbocycles. The SMILES string of the molecule is C/C(=N\O)c1ccc(CNc2c(Cl)ccc3c2CCNCC32OC(=O)CCC(=O)O2)cc1. The van der Waals surface area contributed by atoms with Crippen molar-refractivity contribution in [2.45, 2.75) is 38.5 Å². The molecule has 1 saturated heterocycles. The van der Waals surface area contributed by atoms with Gasteiger partial charge in [-0.1, -0.05) is 41.0 Å². The Morgan fingerprint density at radius 2 is 1.81 bits per heavy atom. The van der Waals surface area contributed by atoms with Gasteiger partial charge in [0.1, 0.15) is 0 Å². The van der Waals surface area contributed by atoms with Gasteiger partial charge in [0.2, 0.25) is 0 Å². The molecule has 168 valence electrons. The van der Waals surface area contributed by atoms with E-state index in [-0.39, 0.29) is 19.4 Å². The molecule has 0 amide bonds. The van der Waals surface area contributed by atoms with E-state index in [9.17, 15) is 9.59 Å². The smallest absolute Gasteiger partial charge is 0.309 e. The fourth-order valence-electron chi connectivity index (χ4n) is 3.98. The van der Waals surface area contributed by atoms with Gasteiger partial charge in [-0.05, 0) is 48.7 Å². The third-order valence-corrected chi connectivity index (χ3v) is 5.98. The number of halogens is 1. The Hall–Kier alpha value is -3.10. The second-order valence-corrected chi connectivity index (χ2v) is 8.22. The molecule has 8 nitrogen and oxygen atoms in total. The number of carbonyl (C=O) groups excluding carboxylic acids is 2. The zero-order valence-electron chi connectivity index (χ0n) is 17.6. The van der Waals surface area contributed by atoms with E-state index in [4.69, 9.17) is 26.3 Å². The molecule has 2 aliphatic rings. The predicted molar refractivity (Wildman–Crippen MR) is 119 cm³/mol. The molecule has 3 N–H and O–H groups in total. The second-order valence-electron chi connectivity index (χ2n) is 7.81. The van der Waals surface area contributed by atoms with Crippen molar-refractivity contribution in [2.24, 2.45) is 5.16 Å². The summed E-state index contributed by atoms with van der Waals surface area (Å²) in [7, 11) is 0. The van der Waals surface area contributed by atoms with E-state index >= 15 is 0 Å². The molecule has 0 bridgehead atoms. The number of esters is 2. The molecular weight excluding hydrogens is 434 g/mol. The van der Waals surface area contributed by atoms with Crippen LogP contribution in [0.15, 0.2) is 41.6 Å². The van der Waals surface area contributed by atoms with Gasteiger partial charge in [0.15, 0.2) is 0 Å². The largest absolute Gasteiger partial charge is 0.416 e. The summed E-state index contributed by atoms with van der Waals surface area (Å²) in [5.74, 6) is -2.46. The molecule has 1 fully saturated rings. The summed E-state index contributed by atoms with van der Waals surface area (Å²) in [6, 6.07) is 11.1. The van der Waals surface area contributed by atoms with Crippen LogP contribution in [0.2, 0.25) is 5.02 Å². The monoisotopic (exact) mass is 457 g/mol. The summed E-state index contributed by atoms with van der Waals surface area (Å²) in [5.41, 5.74) is 4.52. The highest BCUT2D eigenvalue weighted by Gasteiger charge is 2.45. The van der Waals surface area contributed by atoms with Gasteiger partial charge >= 0.3 is 11.9 Å². The van der Waals surface area contributed by atoms with E-state index in [2.05, 4.69) is 15.8 Å². The number of carbonyl (C=O) groups is 2. The van der Waals surface area contributed by atoms with Crippen LogP contribution in [-0.2, 0) is 37.8 Å². The maximum atomic E-state index is 12.2. The molecule has 0 radical (unpaired) electrons. The Bertz CT molecular complexity index is 1050. The van der Waals surface area contributed by atoms with Crippen LogP contribution in [-0.4, -0.2) is 35.9 Å². The summed E-state index contributed by atoms with van der Waals surface area (Å²) in [5, 5.41) is 19.3. The average Bonchev–Trinajstić information content (AvgIpc) is 3.05. The normalized spacial score (nSPS) is 18.2. The van der Waals surface area contributed by atoms with Crippen LogP contribution < -0.4 is 10.6 Å². The Kier molecular flexibility index (Phi) is 6.34. The van der Waals surface area contributed by atoms with Crippen molar-refractivity contribution >= 4 is 34.9 Å². The maximum absolute atomic E-state index is 12.2. The van der Waals surface area contributed by atoms with E-state index in [0.29, 0.717) is 41.5 Å². The third-order valence-electron chi connectivity index (χ3n) is 5.66. The van der Waals surface area contributed by atoms with Crippen LogP contribution in [0.25, 0.3) is 0 Å². The van der Waals surface area contributed by atoms with Crippen LogP contribution in [0.3, 0.4) is 0 Å². The quantitative estimate of drug-likeness (QED) is 0.279. The van der Waals surface area contributed by atoms with Crippen LogP contribution in [0.4, 0.5) is 5.69 Å². The van der Waals surface area contributed by atoms with Crippen LogP contribution >= 0.6 is 11.6 Å². The predicted octanol–water partition coefficient (Wildman–Crippen LogP) is 3.33. The minimum atomic E-state index is -1.51. The highest BCUT2D eigenvalue weighted by atomic mass is 35.5. The Morgan fingerprint density at radius 1 is 1.12 bits per heavy atom. The van der Waals surface area contributed by atoms with Crippen molar-refractivity contribution in [3.05, 3.63) is 63.7 Å². The molecule has 1 spiro atoms. The van der Waals surface area contributed by atoms with Gasteiger partial charge in [0.25, 0.3) is 5.79 Å². The number of rotatable bonds is 4. The van der Waals surface area contributed by atoms with Gasteiger partial charge in [0, 0.05) is 12.1 Å². The van der Waals surface area contributed by atoms with Crippen LogP contribution in [0, 0.1) is 0 Å². The summed E-state index contributed by atoms with van der Waals surface area (Å²) < 4.78 is 11.3. The van der Waals surface area contributed by atoms with Crippen molar-refractivity contribution < 1.29 is 24.3 Å². The molecule has 2 aromatic rings. The van der Waals surface area contributed by atoms with Crippen molar-refractivity contribution in [3.8, 4) is 0 Å². The number of benzene rings is 2. The Balaban J connectivity index is 1.66. The zero-order chi connectivity index (χ0) is 22.7. The lowest BCUT2D eigenvalue weighted by atomic mass is 9.96. The van der Waals surface area contributed by atoms with Gasteiger partial charge in [-0.2, -0.15) is 0 Å². The molecule has 2 aliphatic heterocycles. The van der Waals surface area contributed by atoms with Crippen molar-refractivity contribution in [1.29, 1.82) is 0 Å². The lowest BCUT2D eigenvalue weighted by Gasteiger charge is -2.32. The standard InChI is InChI=1S/C23H24ClN3O5/c1-14(27-30)16-4-2-15(3-5-16)12-26-22-17-10-11-25-13-23(18(17)6-7-19(22)24)31-20(28)8-9-21(29)32-23/h2-7,25-26,30H,8-13H2,1H3/b27-14+. The Morgan fingerprint density at radius 3 is 2.47 bits per heavy atom. The lowest BCUT2D eigenvalue weighted by molar-refractivity contribution is -0.225. The number of oxime groups is 1. The molecule has 9 heteroatoms. The fraction of sp³-hybridized carbons (Fsp3) is 0.348. The third kappa shape index (κ3) is 4.42. The molecule has 0 aliphatic carbocycles. The summed E-state index contributed by atoms with van der Waals surface area (Å²) in [6.45, 7) is 2.99. The fourth-order valence-corrected chi connectivity index (χ4v) is 4.22. The summed E-state index contributed by atoms with van der Waals surface area (Å²) in [6.07, 6.45) is 0.594. The number of anilines is 1. The van der Waals surface area contributed by atoms with Gasteiger partial charge in [0.05, 0.1) is 35.8 Å². The molecule has 2 aromatic carbocycles. The second kappa shape index (κ2) is 9.18. The molecule has 0 atom stereocenters. The first-order valence-electron chi connectivity index (χ1n) is 10.4. The number of ether oxygens (including phenoxy) is 2. The first-order valence-corrected chi connectivity index (χ1v) is 10.8. The molecule has 2 heterocycles. The first-order chi connectivity index (χ1) is 15.4. The van der Waals surface area contributed by atoms with E-state index in [0.717, 1.165) is 16.7 Å². The topological polar surface area (TPSA) is 109 Å². The minimum absolute atomic E-state index is 0.00886. The first kappa shape index (κ1) is 22.1. The lowest BCUT2D eigenvalue weighted by Crippen LogP contribution is -2.43. The van der Waals surface area contributed by atoms with Gasteiger partial charge < -0.3 is 25.3 Å². The average molecular weight is 458 g/mol. The number of nitrogens with zero attached hydrogens (tertiary/aromatic N) is 1. The number of hydrogen-bond donors (Lipinski definition) is 3. The molecule has 0 unspecified atom stereocenters. The van der Waals surface area contributed by atoms with Gasteiger partial charge in [-0.3, -0.25) is 9.59 Å². The molecule has 0 aromatic heterocycles. The van der Waals surface area contributed by atoms with Crippen molar-refractivity contribution in [1.82, 2.24) is 5.32 Å². The summed E-state index contributed by atoms with van der Waals surface area (Å²) in [4.78, 5) is 24.5. The molecule has 32 heavy (non-hydrogen) atoms. The molecular formula is C23H24ClN3O5. The van der Waals surface area contributed by atoms with E-state index < -0.39 is 17.7 Å². The summed E-state index contributed by atoms with van der Waals surface area (Å²) >= 11 is 6.54. The van der Waals surface area contributed by atoms with Gasteiger partial charge in [-0.25, -0.2) is 0 Å². The maximum Gasteiger partial charge on any atom is 0.309 e.